The minimum Gasteiger partial charge on any atom is -0.357 e. The summed E-state index contributed by atoms with van der Waals surface area (Å²) in [6.07, 6.45) is -0.588. The van der Waals surface area contributed by atoms with E-state index in [1.807, 2.05) is 19.9 Å². The molecule has 14 heavy (non-hydrogen) atoms. The Morgan fingerprint density at radius 2 is 2.21 bits per heavy atom. The van der Waals surface area contributed by atoms with Crippen LogP contribution in [0.5, 0.6) is 0 Å². The SMILES string of the molecule is CC(C)=CCNc1nnc(C(F)F)s1. The van der Waals surface area contributed by atoms with Gasteiger partial charge in [0.15, 0.2) is 5.01 Å². The summed E-state index contributed by atoms with van der Waals surface area (Å²) in [6.45, 7) is 4.51. The topological polar surface area (TPSA) is 37.8 Å². The minimum atomic E-state index is -2.54. The normalized spacial score (nSPS) is 10.4. The van der Waals surface area contributed by atoms with Gasteiger partial charge in [0.25, 0.3) is 6.43 Å². The zero-order valence-corrected chi connectivity index (χ0v) is 8.74. The average Bonchev–Trinajstić information content (AvgIpc) is 2.52. The van der Waals surface area contributed by atoms with Gasteiger partial charge >= 0.3 is 0 Å². The van der Waals surface area contributed by atoms with Gasteiger partial charge in [-0.2, -0.15) is 0 Å². The molecular formula is C8H11F2N3S. The van der Waals surface area contributed by atoms with Crippen LogP contribution in [0.1, 0.15) is 25.3 Å². The van der Waals surface area contributed by atoms with Crippen molar-refractivity contribution in [2.24, 2.45) is 0 Å². The largest absolute Gasteiger partial charge is 0.357 e. The molecule has 1 aromatic heterocycles. The van der Waals surface area contributed by atoms with Crippen molar-refractivity contribution in [3.8, 4) is 0 Å². The van der Waals surface area contributed by atoms with E-state index in [2.05, 4.69) is 15.5 Å². The molecule has 0 saturated heterocycles. The van der Waals surface area contributed by atoms with E-state index >= 15 is 0 Å². The maximum atomic E-state index is 12.1. The van der Waals surface area contributed by atoms with Gasteiger partial charge in [-0.1, -0.05) is 23.0 Å². The Kier molecular flexibility index (Phi) is 3.94. The lowest BCUT2D eigenvalue weighted by molar-refractivity contribution is 0.150. The van der Waals surface area contributed by atoms with E-state index < -0.39 is 6.43 Å². The molecule has 0 bridgehead atoms. The third-order valence-electron chi connectivity index (χ3n) is 1.39. The minimum absolute atomic E-state index is 0.246. The van der Waals surface area contributed by atoms with Crippen LogP contribution in [-0.2, 0) is 0 Å². The summed E-state index contributed by atoms with van der Waals surface area (Å²) in [4.78, 5) is 0. The molecule has 0 saturated carbocycles. The van der Waals surface area contributed by atoms with Gasteiger partial charge in [-0.25, -0.2) is 8.78 Å². The summed E-state index contributed by atoms with van der Waals surface area (Å²) >= 11 is 0.880. The number of hydrogen-bond donors (Lipinski definition) is 1. The highest BCUT2D eigenvalue weighted by Crippen LogP contribution is 2.24. The summed E-state index contributed by atoms with van der Waals surface area (Å²) in [5.41, 5.74) is 1.16. The van der Waals surface area contributed by atoms with Gasteiger partial charge in [-0.05, 0) is 13.8 Å². The number of alkyl halides is 2. The van der Waals surface area contributed by atoms with E-state index in [4.69, 9.17) is 0 Å². The molecule has 1 aromatic rings. The quantitative estimate of drug-likeness (QED) is 0.791. The Balaban J connectivity index is 2.48. The molecule has 0 aliphatic heterocycles. The highest BCUT2D eigenvalue weighted by molar-refractivity contribution is 7.15. The first kappa shape index (κ1) is 11.0. The van der Waals surface area contributed by atoms with Crippen LogP contribution < -0.4 is 5.32 Å². The Bertz CT molecular complexity index is 318. The molecule has 1 heterocycles. The van der Waals surface area contributed by atoms with Crippen LogP contribution in [0, 0.1) is 0 Å². The Labute approximate surface area is 84.9 Å². The van der Waals surface area contributed by atoms with Gasteiger partial charge < -0.3 is 5.32 Å². The highest BCUT2D eigenvalue weighted by atomic mass is 32.1. The summed E-state index contributed by atoms with van der Waals surface area (Å²) in [7, 11) is 0. The molecule has 0 atom stereocenters. The van der Waals surface area contributed by atoms with Crippen molar-refractivity contribution in [3.05, 3.63) is 16.7 Å². The van der Waals surface area contributed by atoms with Crippen LogP contribution in [0.2, 0.25) is 0 Å². The summed E-state index contributed by atoms with van der Waals surface area (Å²) in [5, 5.41) is 10.0. The van der Waals surface area contributed by atoms with E-state index in [1.54, 1.807) is 0 Å². The van der Waals surface area contributed by atoms with Crippen molar-refractivity contribution in [1.82, 2.24) is 10.2 Å². The smallest absolute Gasteiger partial charge is 0.291 e. The van der Waals surface area contributed by atoms with Crippen LogP contribution in [0.4, 0.5) is 13.9 Å². The summed E-state index contributed by atoms with van der Waals surface area (Å²) in [6, 6.07) is 0. The molecular weight excluding hydrogens is 208 g/mol. The Morgan fingerprint density at radius 3 is 2.71 bits per heavy atom. The molecule has 78 valence electrons. The molecule has 1 N–H and O–H groups in total. The van der Waals surface area contributed by atoms with Crippen LogP contribution >= 0.6 is 11.3 Å². The zero-order chi connectivity index (χ0) is 10.6. The van der Waals surface area contributed by atoms with Crippen molar-refractivity contribution in [3.63, 3.8) is 0 Å². The molecule has 0 amide bonds. The lowest BCUT2D eigenvalue weighted by Crippen LogP contribution is -1.97. The second kappa shape index (κ2) is 4.99. The summed E-state index contributed by atoms with van der Waals surface area (Å²) in [5.74, 6) is 0. The fourth-order valence-electron chi connectivity index (χ4n) is 0.737. The van der Waals surface area contributed by atoms with Gasteiger partial charge in [0.1, 0.15) is 0 Å². The number of hydrogen-bond acceptors (Lipinski definition) is 4. The van der Waals surface area contributed by atoms with Crippen molar-refractivity contribution in [2.45, 2.75) is 20.3 Å². The maximum absolute atomic E-state index is 12.1. The molecule has 6 heteroatoms. The number of rotatable bonds is 4. The van der Waals surface area contributed by atoms with Crippen LogP contribution in [0.25, 0.3) is 0 Å². The average molecular weight is 219 g/mol. The van der Waals surface area contributed by atoms with Crippen molar-refractivity contribution in [2.75, 3.05) is 11.9 Å². The Morgan fingerprint density at radius 1 is 1.50 bits per heavy atom. The maximum Gasteiger partial charge on any atom is 0.291 e. The number of halogens is 2. The lowest BCUT2D eigenvalue weighted by Gasteiger charge is -1.95. The number of nitrogens with one attached hydrogen (secondary N) is 1. The predicted octanol–water partition coefficient (Wildman–Crippen LogP) is 2.85. The standard InChI is InChI=1S/C8H11F2N3S/c1-5(2)3-4-11-8-13-12-7(14-8)6(9)10/h3,6H,4H2,1-2H3,(H,11,13). The van der Waals surface area contributed by atoms with Crippen molar-refractivity contribution in [1.29, 1.82) is 0 Å². The van der Waals surface area contributed by atoms with Crippen molar-refractivity contribution >= 4 is 16.5 Å². The molecule has 0 unspecified atom stereocenters. The van der Waals surface area contributed by atoms with Crippen molar-refractivity contribution < 1.29 is 8.78 Å². The van der Waals surface area contributed by atoms with Gasteiger partial charge in [-0.3, -0.25) is 0 Å². The number of aromatic nitrogens is 2. The Hall–Kier alpha value is -1.04. The first-order valence-electron chi connectivity index (χ1n) is 4.08. The molecule has 1 rings (SSSR count). The first-order valence-corrected chi connectivity index (χ1v) is 4.90. The van der Waals surface area contributed by atoms with E-state index in [0.717, 1.165) is 16.9 Å². The molecule has 0 aliphatic rings. The highest BCUT2D eigenvalue weighted by Gasteiger charge is 2.13. The van der Waals surface area contributed by atoms with Crippen LogP contribution in [0.3, 0.4) is 0 Å². The third-order valence-corrected chi connectivity index (χ3v) is 2.28. The van der Waals surface area contributed by atoms with Gasteiger partial charge in [0.05, 0.1) is 0 Å². The van der Waals surface area contributed by atoms with E-state index in [0.29, 0.717) is 11.7 Å². The number of anilines is 1. The summed E-state index contributed by atoms with van der Waals surface area (Å²) < 4.78 is 24.2. The van der Waals surface area contributed by atoms with Crippen LogP contribution in [0.15, 0.2) is 11.6 Å². The molecule has 0 aliphatic carbocycles. The second-order valence-corrected chi connectivity index (χ2v) is 3.92. The van der Waals surface area contributed by atoms with E-state index in [-0.39, 0.29) is 5.01 Å². The van der Waals surface area contributed by atoms with E-state index in [9.17, 15) is 8.78 Å². The number of allylic oxidation sites excluding steroid dienone is 1. The molecule has 0 aromatic carbocycles. The molecule has 0 spiro atoms. The third kappa shape index (κ3) is 3.37. The molecule has 0 radical (unpaired) electrons. The van der Waals surface area contributed by atoms with Gasteiger partial charge in [0.2, 0.25) is 5.13 Å². The molecule has 3 nitrogen and oxygen atoms in total. The number of nitrogens with zero attached hydrogens (tertiary/aromatic N) is 2. The fourth-order valence-corrected chi connectivity index (χ4v) is 1.34. The zero-order valence-electron chi connectivity index (χ0n) is 7.92. The second-order valence-electron chi connectivity index (χ2n) is 2.91. The lowest BCUT2D eigenvalue weighted by atomic mass is 10.3. The van der Waals surface area contributed by atoms with E-state index in [1.165, 1.54) is 0 Å². The van der Waals surface area contributed by atoms with Crippen LogP contribution in [-0.4, -0.2) is 16.7 Å². The monoisotopic (exact) mass is 219 g/mol. The van der Waals surface area contributed by atoms with Gasteiger partial charge in [0, 0.05) is 6.54 Å². The van der Waals surface area contributed by atoms with Gasteiger partial charge in [-0.15, -0.1) is 10.2 Å². The molecule has 0 fully saturated rings. The predicted molar refractivity (Wildman–Crippen MR) is 52.8 cm³/mol. The fraction of sp³-hybridized carbons (Fsp3) is 0.500. The first-order chi connectivity index (χ1) is 6.59.